The fourth-order valence-electron chi connectivity index (χ4n) is 4.21. The van der Waals surface area contributed by atoms with Crippen LogP contribution in [0.3, 0.4) is 0 Å². The van der Waals surface area contributed by atoms with Crippen molar-refractivity contribution in [3.63, 3.8) is 0 Å². The van der Waals surface area contributed by atoms with E-state index in [0.29, 0.717) is 0 Å². The number of nitrogens with zero attached hydrogens (tertiary/aromatic N) is 1. The van der Waals surface area contributed by atoms with E-state index in [1.54, 1.807) is 14.2 Å². The Morgan fingerprint density at radius 3 is 2.00 bits per heavy atom. The van der Waals surface area contributed by atoms with E-state index in [1.807, 2.05) is 47.4 Å². The summed E-state index contributed by atoms with van der Waals surface area (Å²) in [5, 5.41) is 0. The fraction of sp³-hybridized carbons (Fsp3) is 0.269. The van der Waals surface area contributed by atoms with Gasteiger partial charge in [0.05, 0.1) is 26.2 Å². The Labute approximate surface area is 178 Å². The van der Waals surface area contributed by atoms with E-state index in [-0.39, 0.29) is 17.9 Å². The van der Waals surface area contributed by atoms with E-state index in [2.05, 4.69) is 36.4 Å². The predicted molar refractivity (Wildman–Crippen MR) is 119 cm³/mol. The molecule has 4 rings (SSSR count). The molecule has 1 heterocycles. The monoisotopic (exact) mass is 401 g/mol. The average molecular weight is 402 g/mol. The molecular weight excluding hydrogens is 374 g/mol. The number of carbonyl (C=O) groups is 1. The number of rotatable bonds is 8. The van der Waals surface area contributed by atoms with Gasteiger partial charge in [-0.2, -0.15) is 0 Å². The molecule has 0 aliphatic carbocycles. The van der Waals surface area contributed by atoms with Crippen molar-refractivity contribution in [1.29, 1.82) is 0 Å². The molecule has 0 saturated carbocycles. The molecule has 0 bridgehead atoms. The van der Waals surface area contributed by atoms with Crippen LogP contribution in [0.25, 0.3) is 0 Å². The van der Waals surface area contributed by atoms with Gasteiger partial charge in [0.2, 0.25) is 5.91 Å². The Morgan fingerprint density at radius 2 is 1.40 bits per heavy atom. The number of ether oxygens (including phenoxy) is 2. The van der Waals surface area contributed by atoms with Gasteiger partial charge in [0, 0.05) is 5.69 Å². The molecule has 154 valence electrons. The van der Waals surface area contributed by atoms with Crippen molar-refractivity contribution in [2.75, 3.05) is 19.1 Å². The number of benzene rings is 3. The summed E-state index contributed by atoms with van der Waals surface area (Å²) in [7, 11) is 3.31. The maximum atomic E-state index is 13.1. The summed E-state index contributed by atoms with van der Waals surface area (Å²) in [6.07, 6.45) is 2.85. The van der Waals surface area contributed by atoms with Crippen molar-refractivity contribution in [1.82, 2.24) is 0 Å². The fourth-order valence-corrected chi connectivity index (χ4v) is 4.21. The molecule has 1 aliphatic rings. The van der Waals surface area contributed by atoms with Gasteiger partial charge in [-0.1, -0.05) is 42.5 Å². The Hall–Kier alpha value is -3.27. The molecule has 4 heteroatoms. The second-order valence-electron chi connectivity index (χ2n) is 7.61. The summed E-state index contributed by atoms with van der Waals surface area (Å²) < 4.78 is 10.6. The summed E-state index contributed by atoms with van der Waals surface area (Å²) in [5.41, 5.74) is 3.36. The number of anilines is 1. The maximum Gasteiger partial charge on any atom is 0.233 e. The number of aryl methyl sites for hydroxylation is 1. The first-order valence-corrected chi connectivity index (χ1v) is 10.4. The first-order chi connectivity index (χ1) is 14.7. The Morgan fingerprint density at radius 1 is 0.800 bits per heavy atom. The smallest absolute Gasteiger partial charge is 0.233 e. The van der Waals surface area contributed by atoms with Crippen molar-refractivity contribution in [3.05, 3.63) is 90.0 Å². The van der Waals surface area contributed by atoms with Crippen molar-refractivity contribution in [2.24, 2.45) is 5.92 Å². The van der Waals surface area contributed by atoms with E-state index in [1.165, 1.54) is 5.56 Å². The van der Waals surface area contributed by atoms with Crippen LogP contribution in [0.1, 0.15) is 30.0 Å². The molecule has 1 amide bonds. The minimum atomic E-state index is -0.00999. The lowest BCUT2D eigenvalue weighted by Gasteiger charge is -2.47. The highest BCUT2D eigenvalue weighted by Crippen LogP contribution is 2.46. The molecule has 30 heavy (non-hydrogen) atoms. The summed E-state index contributed by atoms with van der Waals surface area (Å²) in [5.74, 6) is 1.78. The summed E-state index contributed by atoms with van der Waals surface area (Å²) >= 11 is 0. The highest BCUT2D eigenvalue weighted by Gasteiger charge is 2.48. The minimum Gasteiger partial charge on any atom is -0.497 e. The topological polar surface area (TPSA) is 38.8 Å². The van der Waals surface area contributed by atoms with Crippen molar-refractivity contribution < 1.29 is 14.3 Å². The van der Waals surface area contributed by atoms with Crippen LogP contribution in [0.4, 0.5) is 5.69 Å². The number of hydrogen-bond donors (Lipinski definition) is 0. The van der Waals surface area contributed by atoms with E-state index >= 15 is 0 Å². The standard InChI is InChI=1S/C26H27NO3/c1-29-22-15-11-20(12-16-22)25-24(10-6-9-19-7-4-3-5-8-19)26(28)27(25)21-13-17-23(30-2)18-14-21/h3-5,7-8,11-18,24-25H,6,9-10H2,1-2H3/t24-,25+/m0/s1. The normalized spacial score (nSPS) is 18.1. The lowest BCUT2D eigenvalue weighted by Crippen LogP contribution is -2.55. The summed E-state index contributed by atoms with van der Waals surface area (Å²) in [6.45, 7) is 0. The lowest BCUT2D eigenvalue weighted by molar-refractivity contribution is -0.130. The zero-order valence-corrected chi connectivity index (χ0v) is 17.5. The quantitative estimate of drug-likeness (QED) is 0.472. The summed E-state index contributed by atoms with van der Waals surface area (Å²) in [6, 6.07) is 26.3. The van der Waals surface area contributed by atoms with Gasteiger partial charge >= 0.3 is 0 Å². The van der Waals surface area contributed by atoms with Crippen LogP contribution in [0.5, 0.6) is 11.5 Å². The molecule has 3 aromatic carbocycles. The van der Waals surface area contributed by atoms with Crippen molar-refractivity contribution in [3.8, 4) is 11.5 Å². The molecule has 0 N–H and O–H groups in total. The third-order valence-corrected chi connectivity index (χ3v) is 5.85. The van der Waals surface area contributed by atoms with Crippen LogP contribution >= 0.6 is 0 Å². The van der Waals surface area contributed by atoms with Crippen LogP contribution in [-0.2, 0) is 11.2 Å². The largest absolute Gasteiger partial charge is 0.497 e. The zero-order chi connectivity index (χ0) is 20.9. The van der Waals surface area contributed by atoms with Crippen LogP contribution < -0.4 is 14.4 Å². The molecule has 1 fully saturated rings. The van der Waals surface area contributed by atoms with E-state index in [4.69, 9.17) is 9.47 Å². The van der Waals surface area contributed by atoms with Gasteiger partial charge < -0.3 is 14.4 Å². The Balaban J connectivity index is 1.54. The van der Waals surface area contributed by atoms with Crippen LogP contribution in [0.15, 0.2) is 78.9 Å². The average Bonchev–Trinajstić information content (AvgIpc) is 2.81. The Kier molecular flexibility index (Phi) is 6.03. The first kappa shape index (κ1) is 20.0. The van der Waals surface area contributed by atoms with Gasteiger partial charge in [0.25, 0.3) is 0 Å². The number of carbonyl (C=O) groups excluding carboxylic acids is 1. The lowest BCUT2D eigenvalue weighted by atomic mass is 9.78. The van der Waals surface area contributed by atoms with Gasteiger partial charge in [0.15, 0.2) is 0 Å². The zero-order valence-electron chi connectivity index (χ0n) is 17.5. The molecule has 1 saturated heterocycles. The maximum absolute atomic E-state index is 13.1. The molecule has 0 radical (unpaired) electrons. The van der Waals surface area contributed by atoms with Crippen molar-refractivity contribution in [2.45, 2.75) is 25.3 Å². The predicted octanol–water partition coefficient (Wildman–Crippen LogP) is 5.43. The second kappa shape index (κ2) is 9.04. The van der Waals surface area contributed by atoms with Crippen LogP contribution in [0, 0.1) is 5.92 Å². The molecule has 0 unspecified atom stereocenters. The molecular formula is C26H27NO3. The third-order valence-electron chi connectivity index (χ3n) is 5.85. The third kappa shape index (κ3) is 4.04. The molecule has 2 atom stereocenters. The highest BCUT2D eigenvalue weighted by molar-refractivity contribution is 6.03. The van der Waals surface area contributed by atoms with Gasteiger partial charge in [-0.3, -0.25) is 4.79 Å². The van der Waals surface area contributed by atoms with E-state index in [9.17, 15) is 4.79 Å². The molecule has 0 aromatic heterocycles. The van der Waals surface area contributed by atoms with Gasteiger partial charge in [0.1, 0.15) is 11.5 Å². The van der Waals surface area contributed by atoms with E-state index in [0.717, 1.165) is 42.0 Å². The van der Waals surface area contributed by atoms with Gasteiger partial charge in [-0.25, -0.2) is 0 Å². The van der Waals surface area contributed by atoms with Gasteiger partial charge in [-0.15, -0.1) is 0 Å². The number of methoxy groups -OCH3 is 2. The van der Waals surface area contributed by atoms with Crippen LogP contribution in [-0.4, -0.2) is 20.1 Å². The molecule has 1 aliphatic heterocycles. The Bertz CT molecular complexity index is 967. The molecule has 3 aromatic rings. The SMILES string of the molecule is COc1ccc([C@@H]2[C@H](CCCc3ccccc3)C(=O)N2c2ccc(OC)cc2)cc1. The number of β-lactam (4-membered cyclic amide) rings is 1. The number of amides is 1. The van der Waals surface area contributed by atoms with Crippen LogP contribution in [0.2, 0.25) is 0 Å². The van der Waals surface area contributed by atoms with Gasteiger partial charge in [-0.05, 0) is 66.8 Å². The highest BCUT2D eigenvalue weighted by atomic mass is 16.5. The molecule has 4 nitrogen and oxygen atoms in total. The number of hydrogen-bond acceptors (Lipinski definition) is 3. The minimum absolute atomic E-state index is 0.00999. The van der Waals surface area contributed by atoms with E-state index < -0.39 is 0 Å². The summed E-state index contributed by atoms with van der Waals surface area (Å²) in [4.78, 5) is 15.0. The second-order valence-corrected chi connectivity index (χ2v) is 7.61. The molecule has 0 spiro atoms. The first-order valence-electron chi connectivity index (χ1n) is 10.4. The van der Waals surface area contributed by atoms with Crippen molar-refractivity contribution >= 4 is 11.6 Å².